The van der Waals surface area contributed by atoms with Gasteiger partial charge in [0.05, 0.1) is 11.0 Å². The molecule has 0 amide bonds. The summed E-state index contributed by atoms with van der Waals surface area (Å²) < 4.78 is 7.23. The Hall–Kier alpha value is -2.28. The Morgan fingerprint density at radius 3 is 3.14 bits per heavy atom. The van der Waals surface area contributed by atoms with Crippen LogP contribution in [0.5, 0.6) is 0 Å². The monoisotopic (exact) mass is 284 g/mol. The predicted molar refractivity (Wildman–Crippen MR) is 78.2 cm³/mol. The molecule has 3 heterocycles. The zero-order chi connectivity index (χ0) is 14.1. The summed E-state index contributed by atoms with van der Waals surface area (Å²) in [5, 5.41) is 15.4. The van der Waals surface area contributed by atoms with Crippen molar-refractivity contribution in [2.24, 2.45) is 0 Å². The molecule has 0 bridgehead atoms. The zero-order valence-corrected chi connectivity index (χ0v) is 11.6. The van der Waals surface area contributed by atoms with Crippen LogP contribution in [0.4, 0.5) is 5.82 Å². The van der Waals surface area contributed by atoms with Crippen molar-refractivity contribution in [2.45, 2.75) is 25.3 Å². The Morgan fingerprint density at radius 1 is 1.19 bits per heavy atom. The number of tetrazole rings is 1. The van der Waals surface area contributed by atoms with Crippen molar-refractivity contribution in [2.75, 3.05) is 18.5 Å². The number of benzene rings is 1. The summed E-state index contributed by atoms with van der Waals surface area (Å²) in [7, 11) is 0. The molecule has 1 atom stereocenters. The van der Waals surface area contributed by atoms with Gasteiger partial charge in [-0.05, 0) is 41.8 Å². The first-order valence-electron chi connectivity index (χ1n) is 7.23. The van der Waals surface area contributed by atoms with Crippen LogP contribution < -0.4 is 5.32 Å². The van der Waals surface area contributed by atoms with Gasteiger partial charge in [-0.3, -0.25) is 0 Å². The van der Waals surface area contributed by atoms with Crippen LogP contribution in [0.25, 0.3) is 16.7 Å². The summed E-state index contributed by atoms with van der Waals surface area (Å²) in [6.45, 7) is 1.62. The zero-order valence-electron chi connectivity index (χ0n) is 11.6. The lowest BCUT2D eigenvalue weighted by Crippen LogP contribution is -2.21. The molecule has 1 fully saturated rings. The third kappa shape index (κ3) is 2.29. The fourth-order valence-corrected chi connectivity index (χ4v) is 2.74. The molecular weight excluding hydrogens is 268 g/mol. The van der Waals surface area contributed by atoms with E-state index < -0.39 is 0 Å². The number of fused-ring (bicyclic) bond motifs is 3. The highest BCUT2D eigenvalue weighted by atomic mass is 16.5. The van der Waals surface area contributed by atoms with Gasteiger partial charge in [0.15, 0.2) is 5.82 Å². The number of hydrogen-bond acceptors (Lipinski definition) is 6. The second-order valence-corrected chi connectivity index (χ2v) is 5.25. The quantitative estimate of drug-likeness (QED) is 0.771. The number of rotatable bonds is 2. The second-order valence-electron chi connectivity index (χ2n) is 5.25. The van der Waals surface area contributed by atoms with Crippen LogP contribution in [0.2, 0.25) is 0 Å². The molecule has 7 heteroatoms. The van der Waals surface area contributed by atoms with E-state index >= 15 is 0 Å². The molecule has 1 aromatic carbocycles. The maximum absolute atomic E-state index is 5.50. The molecule has 1 N–H and O–H groups in total. The number of nitrogens with one attached hydrogen (secondary N) is 1. The fraction of sp³-hybridized carbons (Fsp3) is 0.429. The summed E-state index contributed by atoms with van der Waals surface area (Å²) in [6.07, 6.45) is 3.11. The van der Waals surface area contributed by atoms with E-state index in [9.17, 15) is 0 Å². The van der Waals surface area contributed by atoms with Crippen LogP contribution >= 0.6 is 0 Å². The van der Waals surface area contributed by atoms with Gasteiger partial charge >= 0.3 is 0 Å². The summed E-state index contributed by atoms with van der Waals surface area (Å²) in [4.78, 5) is 4.69. The molecule has 2 aromatic heterocycles. The van der Waals surface area contributed by atoms with Gasteiger partial charge in [-0.15, -0.1) is 5.10 Å². The van der Waals surface area contributed by atoms with Gasteiger partial charge in [-0.1, -0.05) is 12.1 Å². The van der Waals surface area contributed by atoms with Crippen molar-refractivity contribution in [3.63, 3.8) is 0 Å². The molecule has 0 spiro atoms. The number of aromatic nitrogens is 5. The van der Waals surface area contributed by atoms with Crippen LogP contribution in [0.1, 0.15) is 19.3 Å². The lowest BCUT2D eigenvalue weighted by molar-refractivity contribution is 0.144. The summed E-state index contributed by atoms with van der Waals surface area (Å²) >= 11 is 0. The first-order valence-corrected chi connectivity index (χ1v) is 7.23. The van der Waals surface area contributed by atoms with Crippen molar-refractivity contribution in [3.05, 3.63) is 24.3 Å². The molecule has 7 nitrogen and oxygen atoms in total. The van der Waals surface area contributed by atoms with Crippen LogP contribution in [-0.4, -0.2) is 44.3 Å². The molecule has 108 valence electrons. The maximum atomic E-state index is 5.50. The summed E-state index contributed by atoms with van der Waals surface area (Å²) in [6, 6.07) is 8.21. The largest absolute Gasteiger partial charge is 0.381 e. The van der Waals surface area contributed by atoms with Crippen molar-refractivity contribution >= 4 is 22.5 Å². The fourth-order valence-electron chi connectivity index (χ4n) is 2.74. The van der Waals surface area contributed by atoms with Crippen molar-refractivity contribution in [3.8, 4) is 0 Å². The minimum absolute atomic E-state index is 0.349. The smallest absolute Gasteiger partial charge is 0.222 e. The molecule has 0 aliphatic carbocycles. The molecule has 0 radical (unpaired) electrons. The molecule has 1 aliphatic heterocycles. The highest BCUT2D eigenvalue weighted by Crippen LogP contribution is 2.21. The first kappa shape index (κ1) is 12.5. The van der Waals surface area contributed by atoms with Crippen LogP contribution in [0.3, 0.4) is 0 Å². The number of anilines is 1. The third-order valence-corrected chi connectivity index (χ3v) is 3.82. The molecule has 3 aromatic rings. The highest BCUT2D eigenvalue weighted by molar-refractivity contribution is 5.81. The van der Waals surface area contributed by atoms with Crippen molar-refractivity contribution < 1.29 is 4.74 Å². The van der Waals surface area contributed by atoms with E-state index in [1.54, 1.807) is 4.52 Å². The van der Waals surface area contributed by atoms with Gasteiger partial charge in [0.25, 0.3) is 0 Å². The van der Waals surface area contributed by atoms with Crippen LogP contribution in [0.15, 0.2) is 24.3 Å². The number of nitrogens with zero attached hydrogens (tertiary/aromatic N) is 5. The second kappa shape index (κ2) is 5.25. The molecule has 1 unspecified atom stereocenters. The first-order chi connectivity index (χ1) is 10.4. The molecule has 1 aliphatic rings. The standard InChI is InChI=1S/C14H16N6O/c1-2-6-12-11(5-1)16-13(14-17-18-19-20(12)14)15-10-4-3-8-21-9-7-10/h1-2,5-6,10H,3-4,7-9H2,(H,15,16). The van der Waals surface area contributed by atoms with Gasteiger partial charge in [0.1, 0.15) is 0 Å². The SMILES string of the molecule is c1ccc2c(c1)nc(NC1CCCOCC1)c1nnnn12. The van der Waals surface area contributed by atoms with Crippen LogP contribution in [0, 0.1) is 0 Å². The van der Waals surface area contributed by atoms with E-state index in [-0.39, 0.29) is 0 Å². The lowest BCUT2D eigenvalue weighted by atomic mass is 10.1. The van der Waals surface area contributed by atoms with E-state index in [0.717, 1.165) is 49.3 Å². The van der Waals surface area contributed by atoms with Gasteiger partial charge < -0.3 is 10.1 Å². The van der Waals surface area contributed by atoms with E-state index in [1.165, 1.54) is 0 Å². The Bertz CT molecular complexity index is 762. The minimum atomic E-state index is 0.349. The van der Waals surface area contributed by atoms with E-state index in [4.69, 9.17) is 4.74 Å². The van der Waals surface area contributed by atoms with Gasteiger partial charge in [-0.25, -0.2) is 4.98 Å². The van der Waals surface area contributed by atoms with E-state index in [0.29, 0.717) is 11.7 Å². The Labute approximate surface area is 121 Å². The third-order valence-electron chi connectivity index (χ3n) is 3.82. The Kier molecular flexibility index (Phi) is 3.11. The maximum Gasteiger partial charge on any atom is 0.222 e. The van der Waals surface area contributed by atoms with Gasteiger partial charge in [-0.2, -0.15) is 4.52 Å². The normalized spacial score (nSPS) is 19.7. The predicted octanol–water partition coefficient (Wildman–Crippen LogP) is 1.65. The van der Waals surface area contributed by atoms with E-state index in [2.05, 4.69) is 25.8 Å². The number of hydrogen-bond donors (Lipinski definition) is 1. The Morgan fingerprint density at radius 2 is 2.14 bits per heavy atom. The average molecular weight is 284 g/mol. The van der Waals surface area contributed by atoms with Crippen LogP contribution in [-0.2, 0) is 4.74 Å². The number of ether oxygens (including phenoxy) is 1. The average Bonchev–Trinajstić information content (AvgIpc) is 2.87. The molecule has 21 heavy (non-hydrogen) atoms. The Balaban J connectivity index is 1.77. The van der Waals surface area contributed by atoms with Gasteiger partial charge in [0.2, 0.25) is 5.65 Å². The minimum Gasteiger partial charge on any atom is -0.381 e. The lowest BCUT2D eigenvalue weighted by Gasteiger charge is -2.16. The summed E-state index contributed by atoms with van der Waals surface area (Å²) in [5.74, 6) is 0.741. The topological polar surface area (TPSA) is 77.2 Å². The molecule has 4 rings (SSSR count). The molecule has 1 saturated heterocycles. The summed E-state index contributed by atoms with van der Waals surface area (Å²) in [5.41, 5.74) is 2.45. The van der Waals surface area contributed by atoms with Crippen molar-refractivity contribution in [1.82, 2.24) is 25.0 Å². The molecular formula is C14H16N6O. The van der Waals surface area contributed by atoms with E-state index in [1.807, 2.05) is 24.3 Å². The van der Waals surface area contributed by atoms with Crippen molar-refractivity contribution in [1.29, 1.82) is 0 Å². The number of para-hydroxylation sites is 2. The highest BCUT2D eigenvalue weighted by Gasteiger charge is 2.17. The molecule has 0 saturated carbocycles. The van der Waals surface area contributed by atoms with Gasteiger partial charge in [0, 0.05) is 19.3 Å².